The van der Waals surface area contributed by atoms with E-state index in [9.17, 15) is 14.4 Å². The Bertz CT molecular complexity index is 1220. The lowest BCUT2D eigenvalue weighted by Crippen LogP contribution is -2.54. The molecule has 4 amide bonds. The number of amides is 4. The highest BCUT2D eigenvalue weighted by molar-refractivity contribution is 6.39. The number of aryl methyl sites for hydroxylation is 1. The van der Waals surface area contributed by atoms with Crippen LogP contribution in [0.3, 0.4) is 0 Å². The molecular weight excluding hydrogens is 428 g/mol. The van der Waals surface area contributed by atoms with Crippen molar-refractivity contribution >= 4 is 41.2 Å². The maximum atomic E-state index is 13.1. The van der Waals surface area contributed by atoms with E-state index in [2.05, 4.69) is 5.32 Å². The third-order valence-electron chi connectivity index (χ3n) is 4.90. The zero-order valence-corrected chi connectivity index (χ0v) is 17.9. The summed E-state index contributed by atoms with van der Waals surface area (Å²) < 4.78 is 5.91. The highest BCUT2D eigenvalue weighted by Crippen LogP contribution is 2.28. The van der Waals surface area contributed by atoms with Crippen molar-refractivity contribution < 1.29 is 19.1 Å². The van der Waals surface area contributed by atoms with Gasteiger partial charge in [0.25, 0.3) is 11.8 Å². The molecule has 1 saturated heterocycles. The lowest BCUT2D eigenvalue weighted by atomic mass is 10.1. The summed E-state index contributed by atoms with van der Waals surface area (Å²) in [5.74, 6) is -1.06. The molecular formula is C25H19ClN2O4. The van der Waals surface area contributed by atoms with Crippen molar-refractivity contribution in [3.05, 3.63) is 100 Å². The average Bonchev–Trinajstić information content (AvgIpc) is 2.78. The lowest BCUT2D eigenvalue weighted by molar-refractivity contribution is -0.122. The maximum Gasteiger partial charge on any atom is 0.335 e. The van der Waals surface area contributed by atoms with Crippen LogP contribution in [0.5, 0.6) is 5.75 Å². The number of hydrogen-bond donors (Lipinski definition) is 1. The molecule has 1 heterocycles. The number of urea groups is 1. The molecule has 1 N–H and O–H groups in total. The molecule has 1 aliphatic rings. The number of ether oxygens (including phenoxy) is 1. The molecule has 0 spiro atoms. The molecule has 32 heavy (non-hydrogen) atoms. The fraction of sp³-hybridized carbons (Fsp3) is 0.0800. The summed E-state index contributed by atoms with van der Waals surface area (Å²) in [5.41, 5.74) is 2.55. The normalized spacial score (nSPS) is 15.1. The number of nitrogens with zero attached hydrogens (tertiary/aromatic N) is 1. The summed E-state index contributed by atoms with van der Waals surface area (Å²) in [7, 11) is 0. The van der Waals surface area contributed by atoms with E-state index in [1.54, 1.807) is 42.5 Å². The van der Waals surface area contributed by atoms with Crippen molar-refractivity contribution in [3.8, 4) is 5.75 Å². The first-order valence-electron chi connectivity index (χ1n) is 9.87. The Hall–Kier alpha value is -3.90. The number of benzene rings is 3. The molecule has 1 fully saturated rings. The smallest absolute Gasteiger partial charge is 0.335 e. The van der Waals surface area contributed by atoms with Crippen LogP contribution in [0.4, 0.5) is 10.5 Å². The molecule has 7 heteroatoms. The van der Waals surface area contributed by atoms with Gasteiger partial charge in [0.15, 0.2) is 0 Å². The Morgan fingerprint density at radius 3 is 2.41 bits per heavy atom. The van der Waals surface area contributed by atoms with E-state index in [0.29, 0.717) is 28.6 Å². The monoisotopic (exact) mass is 446 g/mol. The van der Waals surface area contributed by atoms with E-state index < -0.39 is 17.8 Å². The molecule has 3 aromatic carbocycles. The second kappa shape index (κ2) is 9.08. The fourth-order valence-corrected chi connectivity index (χ4v) is 3.42. The minimum Gasteiger partial charge on any atom is -0.488 e. The number of barbiturate groups is 1. The van der Waals surface area contributed by atoms with Crippen molar-refractivity contribution in [2.24, 2.45) is 0 Å². The first-order valence-corrected chi connectivity index (χ1v) is 10.2. The summed E-state index contributed by atoms with van der Waals surface area (Å²) in [5, 5.41) is 2.64. The van der Waals surface area contributed by atoms with Gasteiger partial charge in [-0.25, -0.2) is 9.69 Å². The zero-order chi connectivity index (χ0) is 22.7. The van der Waals surface area contributed by atoms with Crippen molar-refractivity contribution in [1.29, 1.82) is 0 Å². The van der Waals surface area contributed by atoms with E-state index in [-0.39, 0.29) is 5.57 Å². The topological polar surface area (TPSA) is 75.7 Å². The van der Waals surface area contributed by atoms with Crippen LogP contribution in [0.15, 0.2) is 78.4 Å². The number of hydrogen-bond acceptors (Lipinski definition) is 4. The Labute approximate surface area is 190 Å². The van der Waals surface area contributed by atoms with Crippen LogP contribution in [-0.4, -0.2) is 17.8 Å². The van der Waals surface area contributed by atoms with Gasteiger partial charge in [-0.3, -0.25) is 14.9 Å². The highest BCUT2D eigenvalue weighted by Gasteiger charge is 2.37. The number of carbonyl (C=O) groups excluding carboxylic acids is 3. The van der Waals surface area contributed by atoms with E-state index in [1.165, 1.54) is 6.08 Å². The SMILES string of the molecule is Cc1ccc(N2C(=O)NC(=O)/C(=C\c3cc(Cl)ccc3OCc3ccccc3)C2=O)cc1. The van der Waals surface area contributed by atoms with Gasteiger partial charge in [-0.05, 0) is 48.9 Å². The Morgan fingerprint density at radius 2 is 1.69 bits per heavy atom. The summed E-state index contributed by atoms with van der Waals surface area (Å²) in [6, 6.07) is 20.6. The van der Waals surface area contributed by atoms with Crippen LogP contribution in [0.1, 0.15) is 16.7 Å². The number of nitrogens with one attached hydrogen (secondary N) is 1. The molecule has 0 radical (unpaired) electrons. The minimum absolute atomic E-state index is 0.197. The summed E-state index contributed by atoms with van der Waals surface area (Å²) in [6.45, 7) is 2.19. The molecule has 6 nitrogen and oxygen atoms in total. The summed E-state index contributed by atoms with van der Waals surface area (Å²) >= 11 is 6.15. The van der Waals surface area contributed by atoms with Crippen molar-refractivity contribution in [1.82, 2.24) is 5.32 Å². The van der Waals surface area contributed by atoms with Crippen LogP contribution in [0.2, 0.25) is 5.02 Å². The summed E-state index contributed by atoms with van der Waals surface area (Å²) in [6.07, 6.45) is 1.39. The van der Waals surface area contributed by atoms with Gasteiger partial charge >= 0.3 is 6.03 Å². The van der Waals surface area contributed by atoms with Crippen molar-refractivity contribution in [2.45, 2.75) is 13.5 Å². The molecule has 1 aliphatic heterocycles. The largest absolute Gasteiger partial charge is 0.488 e. The van der Waals surface area contributed by atoms with Crippen LogP contribution < -0.4 is 15.0 Å². The minimum atomic E-state index is -0.798. The van der Waals surface area contributed by atoms with Gasteiger partial charge in [-0.2, -0.15) is 0 Å². The molecule has 3 aromatic rings. The Kier molecular flexibility index (Phi) is 6.05. The molecule has 160 valence electrons. The quantitative estimate of drug-likeness (QED) is 0.447. The second-order valence-electron chi connectivity index (χ2n) is 7.25. The molecule has 0 aliphatic carbocycles. The zero-order valence-electron chi connectivity index (χ0n) is 17.2. The van der Waals surface area contributed by atoms with Gasteiger partial charge in [-0.1, -0.05) is 59.6 Å². The van der Waals surface area contributed by atoms with Gasteiger partial charge in [0.05, 0.1) is 5.69 Å². The first kappa shape index (κ1) is 21.3. The molecule has 0 saturated carbocycles. The fourth-order valence-electron chi connectivity index (χ4n) is 3.24. The number of imide groups is 2. The van der Waals surface area contributed by atoms with Gasteiger partial charge in [-0.15, -0.1) is 0 Å². The van der Waals surface area contributed by atoms with Gasteiger partial charge in [0.2, 0.25) is 0 Å². The van der Waals surface area contributed by atoms with Crippen molar-refractivity contribution in [2.75, 3.05) is 4.90 Å². The number of anilines is 1. The van der Waals surface area contributed by atoms with Gasteiger partial charge in [0, 0.05) is 10.6 Å². The molecule has 0 bridgehead atoms. The highest BCUT2D eigenvalue weighted by atomic mass is 35.5. The maximum absolute atomic E-state index is 13.1. The van der Waals surface area contributed by atoms with E-state index in [0.717, 1.165) is 16.0 Å². The second-order valence-corrected chi connectivity index (χ2v) is 7.69. The average molecular weight is 447 g/mol. The van der Waals surface area contributed by atoms with Gasteiger partial charge < -0.3 is 4.74 Å². The molecule has 0 atom stereocenters. The van der Waals surface area contributed by atoms with Crippen LogP contribution in [0, 0.1) is 6.92 Å². The van der Waals surface area contributed by atoms with Crippen LogP contribution in [-0.2, 0) is 16.2 Å². The third-order valence-corrected chi connectivity index (χ3v) is 5.14. The van der Waals surface area contributed by atoms with E-state index >= 15 is 0 Å². The molecule has 0 aromatic heterocycles. The standard InChI is InChI=1S/C25H19ClN2O4/c1-16-7-10-20(11-8-16)28-24(30)21(23(29)27-25(28)31)14-18-13-19(26)9-12-22(18)32-15-17-5-3-2-4-6-17/h2-14H,15H2,1H3,(H,27,29,31)/b21-14+. The van der Waals surface area contributed by atoms with Crippen molar-refractivity contribution in [3.63, 3.8) is 0 Å². The van der Waals surface area contributed by atoms with Crippen LogP contribution >= 0.6 is 11.6 Å². The summed E-state index contributed by atoms with van der Waals surface area (Å²) in [4.78, 5) is 38.9. The predicted molar refractivity (Wildman–Crippen MR) is 122 cm³/mol. The van der Waals surface area contributed by atoms with Gasteiger partial charge in [0.1, 0.15) is 17.9 Å². The number of halogens is 1. The third kappa shape index (κ3) is 4.55. The molecule has 0 unspecified atom stereocenters. The number of rotatable bonds is 5. The van der Waals surface area contributed by atoms with E-state index in [1.807, 2.05) is 37.3 Å². The Morgan fingerprint density at radius 1 is 0.969 bits per heavy atom. The Balaban J connectivity index is 1.67. The van der Waals surface area contributed by atoms with E-state index in [4.69, 9.17) is 16.3 Å². The first-order chi connectivity index (χ1) is 15.4. The van der Waals surface area contributed by atoms with Crippen LogP contribution in [0.25, 0.3) is 6.08 Å². The lowest BCUT2D eigenvalue weighted by Gasteiger charge is -2.26. The predicted octanol–water partition coefficient (Wildman–Crippen LogP) is 4.89. The molecule has 4 rings (SSSR count). The number of carbonyl (C=O) groups is 3.